The van der Waals surface area contributed by atoms with Crippen molar-refractivity contribution in [3.05, 3.63) is 18.2 Å². The molecule has 0 saturated heterocycles. The van der Waals surface area contributed by atoms with E-state index in [2.05, 4.69) is 42.3 Å². The summed E-state index contributed by atoms with van der Waals surface area (Å²) in [6.45, 7) is 9.33. The lowest BCUT2D eigenvalue weighted by atomic mass is 10.0. The zero-order valence-electron chi connectivity index (χ0n) is 27.5. The number of rotatable bonds is 31. The highest BCUT2D eigenvalue weighted by Gasteiger charge is 2.15. The van der Waals surface area contributed by atoms with Gasteiger partial charge in [0.25, 0.3) is 5.82 Å². The van der Waals surface area contributed by atoms with E-state index < -0.39 is 0 Å². The molecule has 1 rings (SSSR count). The molecule has 39 heavy (non-hydrogen) atoms. The molecule has 1 aromatic rings. The SMILES string of the molecule is CCCCCCCCCCCCCCCCCCn1cc[n+](CCC)c1CCCCCCCCCCCCC. The first-order chi connectivity index (χ1) is 19.3. The Hall–Kier alpha value is -0.790. The third kappa shape index (κ3) is 21.6. The van der Waals surface area contributed by atoms with E-state index in [9.17, 15) is 0 Å². The topological polar surface area (TPSA) is 8.81 Å². The Kier molecular flexibility index (Phi) is 26.7. The molecule has 230 valence electrons. The number of aryl methyl sites for hydroxylation is 2. The van der Waals surface area contributed by atoms with Crippen molar-refractivity contribution in [1.29, 1.82) is 0 Å². The predicted molar refractivity (Wildman–Crippen MR) is 175 cm³/mol. The summed E-state index contributed by atoms with van der Waals surface area (Å²) in [6, 6.07) is 0. The Bertz CT molecular complexity index is 605. The van der Waals surface area contributed by atoms with Gasteiger partial charge in [0.2, 0.25) is 0 Å². The summed E-state index contributed by atoms with van der Waals surface area (Å²) >= 11 is 0. The highest BCUT2D eigenvalue weighted by molar-refractivity contribution is 4.84. The molecule has 0 atom stereocenters. The lowest BCUT2D eigenvalue weighted by molar-refractivity contribution is -0.703. The van der Waals surface area contributed by atoms with Crippen molar-refractivity contribution in [3.63, 3.8) is 0 Å². The minimum atomic E-state index is 1.18. The van der Waals surface area contributed by atoms with Crippen LogP contribution in [0.2, 0.25) is 0 Å². The molecule has 0 bridgehead atoms. The third-order valence-corrected chi connectivity index (χ3v) is 8.81. The van der Waals surface area contributed by atoms with E-state index in [1.165, 1.54) is 199 Å². The van der Waals surface area contributed by atoms with Crippen LogP contribution in [0.5, 0.6) is 0 Å². The van der Waals surface area contributed by atoms with Crippen molar-refractivity contribution < 1.29 is 4.57 Å². The van der Waals surface area contributed by atoms with Gasteiger partial charge in [-0.25, -0.2) is 9.13 Å². The highest BCUT2D eigenvalue weighted by Crippen LogP contribution is 2.15. The second-order valence-corrected chi connectivity index (χ2v) is 12.7. The van der Waals surface area contributed by atoms with Gasteiger partial charge in [-0.3, -0.25) is 0 Å². The zero-order valence-corrected chi connectivity index (χ0v) is 27.5. The van der Waals surface area contributed by atoms with Crippen LogP contribution in [-0.4, -0.2) is 4.57 Å². The van der Waals surface area contributed by atoms with Gasteiger partial charge in [-0.2, -0.15) is 0 Å². The molecule has 0 aromatic carbocycles. The zero-order chi connectivity index (χ0) is 28.1. The van der Waals surface area contributed by atoms with Crippen LogP contribution in [0, 0.1) is 0 Å². The molecule has 1 aromatic heterocycles. The maximum Gasteiger partial charge on any atom is 0.256 e. The smallest absolute Gasteiger partial charge is 0.234 e. The summed E-state index contributed by atoms with van der Waals surface area (Å²) in [5.74, 6) is 1.59. The quantitative estimate of drug-likeness (QED) is 0.0648. The summed E-state index contributed by atoms with van der Waals surface area (Å²) in [7, 11) is 0. The first-order valence-corrected chi connectivity index (χ1v) is 18.4. The van der Waals surface area contributed by atoms with E-state index >= 15 is 0 Å². The van der Waals surface area contributed by atoms with Gasteiger partial charge in [-0.05, 0) is 25.7 Å². The molecule has 0 aliphatic carbocycles. The molecule has 1 heterocycles. The standard InChI is InChI=1S/C37H73N2/c1-4-7-9-11-13-15-17-18-19-20-21-23-25-27-29-31-34-39-36-35-38(33-6-3)37(39)32-30-28-26-24-22-16-14-12-10-8-5-2/h35-36H,4-34H2,1-3H3/q+1. The van der Waals surface area contributed by atoms with Crippen LogP contribution < -0.4 is 4.57 Å². The number of imidazole rings is 1. The van der Waals surface area contributed by atoms with Gasteiger partial charge in [-0.15, -0.1) is 0 Å². The van der Waals surface area contributed by atoms with Gasteiger partial charge < -0.3 is 0 Å². The van der Waals surface area contributed by atoms with Gasteiger partial charge >= 0.3 is 0 Å². The van der Waals surface area contributed by atoms with Crippen molar-refractivity contribution >= 4 is 0 Å². The second-order valence-electron chi connectivity index (χ2n) is 12.7. The van der Waals surface area contributed by atoms with E-state index in [0.717, 1.165) is 0 Å². The molecule has 0 spiro atoms. The normalized spacial score (nSPS) is 11.6. The molecule has 0 amide bonds. The maximum absolute atomic E-state index is 2.59. The van der Waals surface area contributed by atoms with Crippen LogP contribution in [-0.2, 0) is 19.5 Å². The van der Waals surface area contributed by atoms with Crippen LogP contribution in [0.15, 0.2) is 12.4 Å². The van der Waals surface area contributed by atoms with Crippen LogP contribution in [0.4, 0.5) is 0 Å². The molecule has 0 aliphatic rings. The summed E-state index contributed by atoms with van der Waals surface area (Å²) in [6.07, 6.45) is 46.1. The number of hydrogen-bond acceptors (Lipinski definition) is 0. The van der Waals surface area contributed by atoms with Crippen molar-refractivity contribution in [1.82, 2.24) is 4.57 Å². The van der Waals surface area contributed by atoms with Crippen molar-refractivity contribution in [3.8, 4) is 0 Å². The first kappa shape index (κ1) is 36.2. The fourth-order valence-corrected chi connectivity index (χ4v) is 6.21. The van der Waals surface area contributed by atoms with Gasteiger partial charge in [0, 0.05) is 6.42 Å². The third-order valence-electron chi connectivity index (χ3n) is 8.81. The summed E-state index contributed by atoms with van der Waals surface area (Å²) in [4.78, 5) is 0. The molecule has 0 fully saturated rings. The number of unbranched alkanes of at least 4 members (excludes halogenated alkanes) is 25. The maximum atomic E-state index is 2.59. The molecule has 0 radical (unpaired) electrons. The highest BCUT2D eigenvalue weighted by atomic mass is 15.1. The average molecular weight is 546 g/mol. The summed E-state index contributed by atoms with van der Waals surface area (Å²) < 4.78 is 5.14. The largest absolute Gasteiger partial charge is 0.256 e. The number of nitrogens with zero attached hydrogens (tertiary/aromatic N) is 2. The molecule has 2 nitrogen and oxygen atoms in total. The van der Waals surface area contributed by atoms with E-state index in [4.69, 9.17) is 0 Å². The Morgan fingerprint density at radius 2 is 0.795 bits per heavy atom. The van der Waals surface area contributed by atoms with Gasteiger partial charge in [0.05, 0.1) is 13.1 Å². The fraction of sp³-hybridized carbons (Fsp3) is 0.919. The lowest BCUT2D eigenvalue weighted by Crippen LogP contribution is -2.37. The fourth-order valence-electron chi connectivity index (χ4n) is 6.21. The van der Waals surface area contributed by atoms with Crippen molar-refractivity contribution in [2.45, 2.75) is 220 Å². The summed E-state index contributed by atoms with van der Waals surface area (Å²) in [5.41, 5.74) is 0. The molecule has 0 unspecified atom stereocenters. The van der Waals surface area contributed by atoms with Gasteiger partial charge in [0.1, 0.15) is 12.4 Å². The molecule has 0 saturated carbocycles. The lowest BCUT2D eigenvalue weighted by Gasteiger charge is -2.06. The molecular weight excluding hydrogens is 472 g/mol. The number of hydrogen-bond donors (Lipinski definition) is 0. The van der Waals surface area contributed by atoms with Crippen molar-refractivity contribution in [2.24, 2.45) is 0 Å². The van der Waals surface area contributed by atoms with Crippen LogP contribution >= 0.6 is 0 Å². The van der Waals surface area contributed by atoms with E-state index in [1.807, 2.05) is 0 Å². The Morgan fingerprint density at radius 1 is 0.436 bits per heavy atom. The second kappa shape index (κ2) is 28.7. The minimum absolute atomic E-state index is 1.18. The molecule has 2 heteroatoms. The van der Waals surface area contributed by atoms with Gasteiger partial charge in [0.15, 0.2) is 0 Å². The molecular formula is C37H73N2+. The van der Waals surface area contributed by atoms with Crippen LogP contribution in [0.3, 0.4) is 0 Å². The monoisotopic (exact) mass is 546 g/mol. The van der Waals surface area contributed by atoms with Gasteiger partial charge in [-0.1, -0.05) is 175 Å². The predicted octanol–water partition coefficient (Wildman–Crippen LogP) is 12.3. The van der Waals surface area contributed by atoms with Crippen LogP contribution in [0.1, 0.15) is 206 Å². The van der Waals surface area contributed by atoms with E-state index in [1.54, 1.807) is 5.82 Å². The molecule has 0 N–H and O–H groups in total. The van der Waals surface area contributed by atoms with E-state index in [-0.39, 0.29) is 0 Å². The first-order valence-electron chi connectivity index (χ1n) is 18.4. The van der Waals surface area contributed by atoms with E-state index in [0.29, 0.717) is 0 Å². The number of aromatic nitrogens is 2. The average Bonchev–Trinajstić information content (AvgIpc) is 3.32. The Balaban J connectivity index is 2.04. The Labute approximate surface area is 247 Å². The minimum Gasteiger partial charge on any atom is -0.234 e. The van der Waals surface area contributed by atoms with Crippen molar-refractivity contribution in [2.75, 3.05) is 0 Å². The molecule has 0 aliphatic heterocycles. The Morgan fingerprint density at radius 3 is 1.18 bits per heavy atom. The summed E-state index contributed by atoms with van der Waals surface area (Å²) in [5, 5.41) is 0. The van der Waals surface area contributed by atoms with Crippen LogP contribution in [0.25, 0.3) is 0 Å².